The summed E-state index contributed by atoms with van der Waals surface area (Å²) < 4.78 is 0. The zero-order valence-electron chi connectivity index (χ0n) is 9.26. The number of nitrogens with zero attached hydrogens (tertiary/aromatic N) is 2. The fraction of sp³-hybridized carbons (Fsp3) is 0.727. The predicted octanol–water partition coefficient (Wildman–Crippen LogP) is 1.75. The number of piperidine rings is 1. The van der Waals surface area contributed by atoms with Gasteiger partial charge in [-0.05, 0) is 25.3 Å². The highest BCUT2D eigenvalue weighted by atomic mass is 35.5. The fourth-order valence-corrected chi connectivity index (χ4v) is 3.36. The van der Waals surface area contributed by atoms with Gasteiger partial charge in [0.15, 0.2) is 0 Å². The first-order valence-electron chi connectivity index (χ1n) is 5.74. The lowest BCUT2D eigenvalue weighted by Gasteiger charge is -2.34. The van der Waals surface area contributed by atoms with E-state index >= 15 is 0 Å². The van der Waals surface area contributed by atoms with E-state index in [1.807, 2.05) is 5.51 Å². The molecule has 3 nitrogen and oxygen atoms in total. The molecule has 2 unspecified atom stereocenters. The number of fused-ring (bicyclic) bond motifs is 1. The molecule has 2 aliphatic heterocycles. The van der Waals surface area contributed by atoms with Crippen LogP contribution in [0.15, 0.2) is 10.9 Å². The van der Waals surface area contributed by atoms with Crippen LogP contribution < -0.4 is 5.32 Å². The zero-order chi connectivity index (χ0) is 10.1. The molecule has 0 saturated carbocycles. The van der Waals surface area contributed by atoms with Crippen molar-refractivity contribution >= 4 is 23.7 Å². The Morgan fingerprint density at radius 2 is 2.44 bits per heavy atom. The average Bonchev–Trinajstić information content (AvgIpc) is 2.87. The lowest BCUT2D eigenvalue weighted by molar-refractivity contribution is 0.154. The van der Waals surface area contributed by atoms with Crippen molar-refractivity contribution in [3.63, 3.8) is 0 Å². The van der Waals surface area contributed by atoms with Crippen molar-refractivity contribution in [2.24, 2.45) is 5.92 Å². The SMILES string of the molecule is Cl.c1nc(CN2CCC3NCCC3C2)cs1. The Bertz CT molecular complexity index is 317. The number of nitrogens with one attached hydrogen (secondary N) is 1. The lowest BCUT2D eigenvalue weighted by Crippen LogP contribution is -2.43. The van der Waals surface area contributed by atoms with Crippen LogP contribution in [-0.2, 0) is 6.54 Å². The Hall–Kier alpha value is -0.160. The van der Waals surface area contributed by atoms with E-state index in [0.717, 1.165) is 18.5 Å². The van der Waals surface area contributed by atoms with E-state index in [1.54, 1.807) is 11.3 Å². The summed E-state index contributed by atoms with van der Waals surface area (Å²) in [6.45, 7) is 4.76. The van der Waals surface area contributed by atoms with E-state index in [-0.39, 0.29) is 12.4 Å². The first-order chi connectivity index (χ1) is 7.42. The first kappa shape index (κ1) is 12.3. The van der Waals surface area contributed by atoms with E-state index in [1.165, 1.54) is 38.2 Å². The van der Waals surface area contributed by atoms with Crippen molar-refractivity contribution in [2.45, 2.75) is 25.4 Å². The molecule has 0 radical (unpaired) electrons. The van der Waals surface area contributed by atoms with Crippen LogP contribution in [0.5, 0.6) is 0 Å². The molecule has 1 N–H and O–H groups in total. The van der Waals surface area contributed by atoms with Crippen molar-refractivity contribution in [2.75, 3.05) is 19.6 Å². The Morgan fingerprint density at radius 3 is 3.25 bits per heavy atom. The standard InChI is InChI=1S/C11H17N3S.ClH/c1-3-12-11-2-4-14(5-9(1)11)6-10-7-15-8-13-10;/h7-9,11-12H,1-6H2;1H. The smallest absolute Gasteiger partial charge is 0.0795 e. The van der Waals surface area contributed by atoms with Crippen molar-refractivity contribution < 1.29 is 0 Å². The third-order valence-corrected chi connectivity index (χ3v) is 4.24. The van der Waals surface area contributed by atoms with Crippen LogP contribution in [0.2, 0.25) is 0 Å². The summed E-state index contributed by atoms with van der Waals surface area (Å²) in [6.07, 6.45) is 2.67. The number of halogens is 1. The zero-order valence-corrected chi connectivity index (χ0v) is 10.9. The first-order valence-corrected chi connectivity index (χ1v) is 6.69. The number of likely N-dealkylation sites (tertiary alicyclic amines) is 1. The van der Waals surface area contributed by atoms with E-state index in [4.69, 9.17) is 0 Å². The summed E-state index contributed by atoms with van der Waals surface area (Å²) in [5, 5.41) is 5.76. The van der Waals surface area contributed by atoms with Gasteiger partial charge in [-0.2, -0.15) is 0 Å². The maximum atomic E-state index is 4.36. The van der Waals surface area contributed by atoms with Crippen LogP contribution in [0.25, 0.3) is 0 Å². The highest BCUT2D eigenvalue weighted by Gasteiger charge is 2.32. The molecule has 0 aliphatic carbocycles. The van der Waals surface area contributed by atoms with Gasteiger partial charge in [-0.15, -0.1) is 23.7 Å². The normalized spacial score (nSPS) is 29.8. The highest BCUT2D eigenvalue weighted by molar-refractivity contribution is 7.07. The second-order valence-corrected chi connectivity index (χ2v) is 5.33. The van der Waals surface area contributed by atoms with Gasteiger partial charge >= 0.3 is 0 Å². The van der Waals surface area contributed by atoms with Crippen LogP contribution in [0.1, 0.15) is 18.5 Å². The Labute approximate surface area is 107 Å². The molecule has 0 spiro atoms. The minimum atomic E-state index is 0. The van der Waals surface area contributed by atoms with Gasteiger partial charge in [-0.3, -0.25) is 4.90 Å². The van der Waals surface area contributed by atoms with Gasteiger partial charge < -0.3 is 5.32 Å². The average molecular weight is 260 g/mol. The number of thiazole rings is 1. The van der Waals surface area contributed by atoms with E-state index in [0.29, 0.717) is 0 Å². The maximum absolute atomic E-state index is 4.36. The Morgan fingerprint density at radius 1 is 1.50 bits per heavy atom. The fourth-order valence-electron chi connectivity index (χ4n) is 2.81. The molecule has 1 aromatic rings. The lowest BCUT2D eigenvalue weighted by atomic mass is 9.93. The molecule has 3 rings (SSSR count). The summed E-state index contributed by atoms with van der Waals surface area (Å²) in [7, 11) is 0. The number of rotatable bonds is 2. The third kappa shape index (κ3) is 2.56. The molecule has 5 heteroatoms. The second-order valence-electron chi connectivity index (χ2n) is 4.61. The van der Waals surface area contributed by atoms with E-state index < -0.39 is 0 Å². The molecule has 2 saturated heterocycles. The molecule has 0 aromatic carbocycles. The molecule has 0 bridgehead atoms. The minimum absolute atomic E-state index is 0. The Balaban J connectivity index is 0.000000963. The third-order valence-electron chi connectivity index (χ3n) is 3.61. The van der Waals surface area contributed by atoms with Crippen molar-refractivity contribution in [1.29, 1.82) is 0 Å². The van der Waals surface area contributed by atoms with Crippen LogP contribution in [0.3, 0.4) is 0 Å². The number of hydrogen-bond acceptors (Lipinski definition) is 4. The van der Waals surface area contributed by atoms with Gasteiger partial charge in [-0.1, -0.05) is 0 Å². The second kappa shape index (κ2) is 5.45. The quantitative estimate of drug-likeness (QED) is 0.877. The summed E-state index contributed by atoms with van der Waals surface area (Å²) in [5.74, 6) is 0.886. The molecule has 2 aliphatic rings. The van der Waals surface area contributed by atoms with Gasteiger partial charge in [-0.25, -0.2) is 4.98 Å². The van der Waals surface area contributed by atoms with Gasteiger partial charge in [0, 0.05) is 31.1 Å². The molecule has 2 atom stereocenters. The summed E-state index contributed by atoms with van der Waals surface area (Å²) in [4.78, 5) is 6.92. The molecule has 0 amide bonds. The van der Waals surface area contributed by atoms with Gasteiger partial charge in [0.25, 0.3) is 0 Å². The largest absolute Gasteiger partial charge is 0.314 e. The molecule has 1 aromatic heterocycles. The molecule has 3 heterocycles. The molecular formula is C11H18ClN3S. The van der Waals surface area contributed by atoms with E-state index in [2.05, 4.69) is 20.6 Å². The molecule has 90 valence electrons. The Kier molecular flexibility index (Phi) is 4.19. The molecule has 16 heavy (non-hydrogen) atoms. The minimum Gasteiger partial charge on any atom is -0.314 e. The van der Waals surface area contributed by atoms with Crippen molar-refractivity contribution in [3.05, 3.63) is 16.6 Å². The van der Waals surface area contributed by atoms with Gasteiger partial charge in [0.1, 0.15) is 0 Å². The maximum Gasteiger partial charge on any atom is 0.0795 e. The van der Waals surface area contributed by atoms with Crippen LogP contribution >= 0.6 is 23.7 Å². The molecule has 2 fully saturated rings. The predicted molar refractivity (Wildman–Crippen MR) is 69.2 cm³/mol. The van der Waals surface area contributed by atoms with Crippen LogP contribution in [0, 0.1) is 5.92 Å². The van der Waals surface area contributed by atoms with E-state index in [9.17, 15) is 0 Å². The van der Waals surface area contributed by atoms with Crippen LogP contribution in [0.4, 0.5) is 0 Å². The topological polar surface area (TPSA) is 28.2 Å². The van der Waals surface area contributed by atoms with Crippen LogP contribution in [-0.4, -0.2) is 35.6 Å². The molecular weight excluding hydrogens is 242 g/mol. The van der Waals surface area contributed by atoms with Gasteiger partial charge in [0.05, 0.1) is 11.2 Å². The number of hydrogen-bond donors (Lipinski definition) is 1. The highest BCUT2D eigenvalue weighted by Crippen LogP contribution is 2.25. The monoisotopic (exact) mass is 259 g/mol. The van der Waals surface area contributed by atoms with Crippen molar-refractivity contribution in [3.8, 4) is 0 Å². The van der Waals surface area contributed by atoms with Crippen molar-refractivity contribution in [1.82, 2.24) is 15.2 Å². The summed E-state index contributed by atoms with van der Waals surface area (Å²) in [5.41, 5.74) is 3.17. The number of aromatic nitrogens is 1. The summed E-state index contributed by atoms with van der Waals surface area (Å²) >= 11 is 1.70. The van der Waals surface area contributed by atoms with Gasteiger partial charge in [0.2, 0.25) is 0 Å². The summed E-state index contributed by atoms with van der Waals surface area (Å²) in [6, 6.07) is 0.802.